The molecule has 7 heteroatoms. The molecule has 1 fully saturated rings. The van der Waals surface area contributed by atoms with Crippen molar-refractivity contribution in [2.24, 2.45) is 0 Å². The first kappa shape index (κ1) is 20.5. The summed E-state index contributed by atoms with van der Waals surface area (Å²) in [7, 11) is 1.65. The van der Waals surface area contributed by atoms with E-state index in [0.717, 1.165) is 60.9 Å². The first-order valence-electron chi connectivity index (χ1n) is 11.0. The molecule has 5 rings (SSSR count). The van der Waals surface area contributed by atoms with Gasteiger partial charge < -0.3 is 14.0 Å². The van der Waals surface area contributed by atoms with Gasteiger partial charge in [0.2, 0.25) is 0 Å². The molecular formula is C25H26N4O3. The average molecular weight is 431 g/mol. The van der Waals surface area contributed by atoms with Gasteiger partial charge in [-0.3, -0.25) is 14.2 Å². The molecule has 0 radical (unpaired) electrons. The smallest absolute Gasteiger partial charge is 0.276 e. The molecule has 7 nitrogen and oxygen atoms in total. The number of ether oxygens (including phenoxy) is 2. The van der Waals surface area contributed by atoms with Gasteiger partial charge in [-0.15, -0.1) is 0 Å². The lowest BCUT2D eigenvalue weighted by molar-refractivity contribution is 0.0835. The van der Waals surface area contributed by atoms with Gasteiger partial charge in [-0.2, -0.15) is 0 Å². The van der Waals surface area contributed by atoms with Crippen molar-refractivity contribution in [3.63, 3.8) is 0 Å². The Labute approximate surface area is 186 Å². The molecule has 0 unspecified atom stereocenters. The Hall–Kier alpha value is -3.45. The number of benzene rings is 1. The van der Waals surface area contributed by atoms with Crippen molar-refractivity contribution in [2.75, 3.05) is 20.3 Å². The fourth-order valence-corrected chi connectivity index (χ4v) is 4.34. The Kier molecular flexibility index (Phi) is 5.73. The molecule has 32 heavy (non-hydrogen) atoms. The Morgan fingerprint density at radius 1 is 1.09 bits per heavy atom. The summed E-state index contributed by atoms with van der Waals surface area (Å²) in [6.45, 7) is 2.12. The maximum Gasteiger partial charge on any atom is 0.276 e. The number of nitrogens with zero attached hydrogens (tertiary/aromatic N) is 4. The quantitative estimate of drug-likeness (QED) is 0.466. The van der Waals surface area contributed by atoms with E-state index in [0.29, 0.717) is 18.0 Å². The van der Waals surface area contributed by atoms with E-state index in [1.807, 2.05) is 41.1 Å². The van der Waals surface area contributed by atoms with Crippen LogP contribution in [0, 0.1) is 0 Å². The average Bonchev–Trinajstić information content (AvgIpc) is 3.29. The van der Waals surface area contributed by atoms with Gasteiger partial charge in [0, 0.05) is 49.8 Å². The molecule has 0 N–H and O–H groups in total. The van der Waals surface area contributed by atoms with Crippen LogP contribution in [-0.4, -0.2) is 39.3 Å². The predicted octanol–water partition coefficient (Wildman–Crippen LogP) is 3.70. The molecule has 1 aliphatic heterocycles. The lowest BCUT2D eigenvalue weighted by atomic mass is 10.00. The summed E-state index contributed by atoms with van der Waals surface area (Å²) in [6, 6.07) is 12.0. The monoisotopic (exact) mass is 430 g/mol. The minimum Gasteiger partial charge on any atom is -0.494 e. The third-order valence-corrected chi connectivity index (χ3v) is 6.15. The molecular weight excluding hydrogens is 404 g/mol. The first-order valence-corrected chi connectivity index (χ1v) is 11.0. The molecule has 1 aliphatic rings. The second-order valence-corrected chi connectivity index (χ2v) is 8.06. The van der Waals surface area contributed by atoms with Crippen molar-refractivity contribution in [3.8, 4) is 17.0 Å². The summed E-state index contributed by atoms with van der Waals surface area (Å²) in [5, 5.41) is 0. The van der Waals surface area contributed by atoms with E-state index in [1.165, 1.54) is 0 Å². The number of rotatable bonds is 6. The summed E-state index contributed by atoms with van der Waals surface area (Å²) in [6.07, 6.45) is 9.96. The van der Waals surface area contributed by atoms with Gasteiger partial charge in [-0.25, -0.2) is 4.98 Å². The van der Waals surface area contributed by atoms with Gasteiger partial charge in [0.25, 0.3) is 5.56 Å². The third-order valence-electron chi connectivity index (χ3n) is 6.15. The zero-order valence-corrected chi connectivity index (χ0v) is 18.1. The highest BCUT2D eigenvalue weighted by Crippen LogP contribution is 2.28. The van der Waals surface area contributed by atoms with Crippen LogP contribution >= 0.6 is 0 Å². The first-order chi connectivity index (χ1) is 15.7. The van der Waals surface area contributed by atoms with Gasteiger partial charge in [-0.05, 0) is 37.0 Å². The maximum absolute atomic E-state index is 13.0. The SMILES string of the molecule is COc1cccnc1-c1ccc(CCn2ccn3c(C4CCOCC4)ncc3c2=O)cc1. The number of pyridine rings is 1. The third kappa shape index (κ3) is 3.91. The lowest BCUT2D eigenvalue weighted by Gasteiger charge is -2.21. The summed E-state index contributed by atoms with van der Waals surface area (Å²) >= 11 is 0. The van der Waals surface area contributed by atoms with Crippen molar-refractivity contribution in [3.05, 3.63) is 82.9 Å². The van der Waals surface area contributed by atoms with Gasteiger partial charge in [0.15, 0.2) is 0 Å². The Bertz CT molecular complexity index is 1270. The molecule has 4 heterocycles. The molecule has 0 atom stereocenters. The topological polar surface area (TPSA) is 70.7 Å². The zero-order chi connectivity index (χ0) is 21.9. The molecule has 0 aliphatic carbocycles. The Morgan fingerprint density at radius 3 is 2.69 bits per heavy atom. The molecule has 1 aromatic carbocycles. The molecule has 1 saturated heterocycles. The fourth-order valence-electron chi connectivity index (χ4n) is 4.34. The van der Waals surface area contributed by atoms with Crippen LogP contribution in [-0.2, 0) is 17.7 Å². The summed E-state index contributed by atoms with van der Waals surface area (Å²) in [4.78, 5) is 22.0. The number of imidazole rings is 1. The van der Waals surface area contributed by atoms with E-state index in [-0.39, 0.29) is 5.56 Å². The Morgan fingerprint density at radius 2 is 1.91 bits per heavy atom. The number of aromatic nitrogens is 4. The van der Waals surface area contributed by atoms with Gasteiger partial charge in [0.1, 0.15) is 22.8 Å². The van der Waals surface area contributed by atoms with Crippen LogP contribution in [0.1, 0.15) is 30.1 Å². The number of hydrogen-bond donors (Lipinski definition) is 0. The summed E-state index contributed by atoms with van der Waals surface area (Å²) < 4.78 is 14.6. The number of fused-ring (bicyclic) bond motifs is 1. The minimum absolute atomic E-state index is 0.00634. The second kappa shape index (κ2) is 8.96. The standard InChI is InChI=1S/C25H26N4O3/c1-31-22-3-2-11-26-23(22)19-6-4-18(5-7-19)8-12-28-13-14-29-21(25(28)30)17-27-24(29)20-9-15-32-16-10-20/h2-7,11,13-14,17,20H,8-10,12,15-16H2,1H3. The molecule has 164 valence electrons. The number of aryl methyl sites for hydroxylation is 2. The van der Waals surface area contributed by atoms with E-state index in [9.17, 15) is 4.79 Å². The van der Waals surface area contributed by atoms with Gasteiger partial charge in [-0.1, -0.05) is 24.3 Å². The van der Waals surface area contributed by atoms with Crippen LogP contribution in [0.25, 0.3) is 16.8 Å². The summed E-state index contributed by atoms with van der Waals surface area (Å²) in [5.41, 5.74) is 3.61. The van der Waals surface area contributed by atoms with Crippen molar-refractivity contribution in [1.29, 1.82) is 0 Å². The predicted molar refractivity (Wildman–Crippen MR) is 122 cm³/mol. The normalized spacial score (nSPS) is 14.7. The maximum atomic E-state index is 13.0. The van der Waals surface area contributed by atoms with E-state index in [1.54, 1.807) is 24.1 Å². The van der Waals surface area contributed by atoms with Gasteiger partial charge in [0.05, 0.1) is 13.3 Å². The van der Waals surface area contributed by atoms with E-state index in [2.05, 4.69) is 22.1 Å². The zero-order valence-electron chi connectivity index (χ0n) is 18.1. The highest BCUT2D eigenvalue weighted by Gasteiger charge is 2.21. The molecule has 0 spiro atoms. The largest absolute Gasteiger partial charge is 0.494 e. The molecule has 0 saturated carbocycles. The Balaban J connectivity index is 1.32. The van der Waals surface area contributed by atoms with E-state index in [4.69, 9.17) is 9.47 Å². The van der Waals surface area contributed by atoms with Crippen molar-refractivity contribution in [2.45, 2.75) is 31.7 Å². The lowest BCUT2D eigenvalue weighted by Crippen LogP contribution is -2.23. The molecule has 0 amide bonds. The number of hydrogen-bond acceptors (Lipinski definition) is 5. The second-order valence-electron chi connectivity index (χ2n) is 8.06. The van der Waals surface area contributed by atoms with E-state index >= 15 is 0 Å². The van der Waals surface area contributed by atoms with Crippen molar-refractivity contribution in [1.82, 2.24) is 18.9 Å². The number of methoxy groups -OCH3 is 1. The van der Waals surface area contributed by atoms with Crippen LogP contribution in [0.3, 0.4) is 0 Å². The van der Waals surface area contributed by atoms with E-state index < -0.39 is 0 Å². The highest BCUT2D eigenvalue weighted by molar-refractivity contribution is 5.66. The minimum atomic E-state index is -0.00634. The van der Waals surface area contributed by atoms with Crippen molar-refractivity contribution >= 4 is 5.52 Å². The summed E-state index contributed by atoms with van der Waals surface area (Å²) in [5.74, 6) is 2.06. The van der Waals surface area contributed by atoms with Crippen molar-refractivity contribution < 1.29 is 9.47 Å². The van der Waals surface area contributed by atoms with Crippen LogP contribution < -0.4 is 10.3 Å². The van der Waals surface area contributed by atoms with Crippen LogP contribution in [0.5, 0.6) is 5.75 Å². The van der Waals surface area contributed by atoms with Crippen LogP contribution in [0.2, 0.25) is 0 Å². The highest BCUT2D eigenvalue weighted by atomic mass is 16.5. The molecule has 0 bridgehead atoms. The van der Waals surface area contributed by atoms with Gasteiger partial charge >= 0.3 is 0 Å². The molecule has 3 aromatic heterocycles. The fraction of sp³-hybridized carbons (Fsp3) is 0.320. The molecule has 4 aromatic rings. The van der Waals surface area contributed by atoms with Crippen LogP contribution in [0.15, 0.2) is 66.0 Å². The van der Waals surface area contributed by atoms with Crippen LogP contribution in [0.4, 0.5) is 0 Å².